The summed E-state index contributed by atoms with van der Waals surface area (Å²) in [6.45, 7) is 9.02. The van der Waals surface area contributed by atoms with Crippen LogP contribution in [0, 0.1) is 34.5 Å². The number of ether oxygens (including phenoxy) is 2. The van der Waals surface area contributed by atoms with Gasteiger partial charge in [0.05, 0.1) is 13.2 Å². The number of hydrogen-bond donors (Lipinski definition) is 1. The van der Waals surface area contributed by atoms with E-state index in [1.807, 2.05) is 5.57 Å². The van der Waals surface area contributed by atoms with E-state index in [9.17, 15) is 5.11 Å². The number of aliphatic hydroxyl groups is 1. The largest absolute Gasteiger partial charge is 0.396 e. The summed E-state index contributed by atoms with van der Waals surface area (Å²) in [6, 6.07) is 9.44. The summed E-state index contributed by atoms with van der Waals surface area (Å²) in [6.07, 6.45) is 10.6. The molecule has 4 fully saturated rings. The lowest BCUT2D eigenvalue weighted by Gasteiger charge is -2.55. The minimum Gasteiger partial charge on any atom is -0.396 e. The van der Waals surface area contributed by atoms with Crippen LogP contribution in [0.3, 0.4) is 0 Å². The second-order valence-electron chi connectivity index (χ2n) is 14.4. The second kappa shape index (κ2) is 9.38. The molecule has 6 atom stereocenters. The van der Waals surface area contributed by atoms with Crippen LogP contribution in [0.2, 0.25) is 0 Å². The molecule has 3 saturated carbocycles. The van der Waals surface area contributed by atoms with Crippen molar-refractivity contribution in [1.29, 1.82) is 0 Å². The summed E-state index contributed by atoms with van der Waals surface area (Å²) >= 11 is 0. The third-order valence-corrected chi connectivity index (χ3v) is 11.3. The number of rotatable bonds is 4. The average Bonchev–Trinajstić information content (AvgIpc) is 3.21. The molecule has 1 aliphatic heterocycles. The zero-order valence-electron chi connectivity index (χ0n) is 23.9. The van der Waals surface area contributed by atoms with Crippen molar-refractivity contribution in [2.24, 2.45) is 34.5 Å². The van der Waals surface area contributed by atoms with Crippen molar-refractivity contribution in [2.75, 3.05) is 38.8 Å². The molecule has 37 heavy (non-hydrogen) atoms. The highest BCUT2D eigenvalue weighted by molar-refractivity contribution is 5.49. The third kappa shape index (κ3) is 4.39. The molecule has 1 aromatic rings. The van der Waals surface area contributed by atoms with Gasteiger partial charge in [-0.1, -0.05) is 44.1 Å². The van der Waals surface area contributed by atoms with Crippen LogP contribution >= 0.6 is 0 Å². The monoisotopic (exact) mass is 507 g/mol. The van der Waals surface area contributed by atoms with Crippen molar-refractivity contribution in [3.8, 4) is 0 Å². The summed E-state index contributed by atoms with van der Waals surface area (Å²) in [4.78, 5) is 2.20. The molecule has 204 valence electrons. The molecule has 0 aromatic heterocycles. The Balaban J connectivity index is 1.37. The summed E-state index contributed by atoms with van der Waals surface area (Å²) < 4.78 is 13.0. The van der Waals surface area contributed by atoms with E-state index in [-0.39, 0.29) is 11.2 Å². The van der Waals surface area contributed by atoms with E-state index in [1.165, 1.54) is 43.4 Å². The first-order chi connectivity index (χ1) is 17.6. The van der Waals surface area contributed by atoms with Crippen molar-refractivity contribution in [1.82, 2.24) is 0 Å². The molecular weight excluding hydrogens is 458 g/mol. The van der Waals surface area contributed by atoms with Gasteiger partial charge >= 0.3 is 0 Å². The molecule has 5 aliphatic rings. The normalized spacial score (nSPS) is 38.2. The molecule has 4 heteroatoms. The predicted octanol–water partition coefficient (Wildman–Crippen LogP) is 6.93. The minimum absolute atomic E-state index is 0.118. The van der Waals surface area contributed by atoms with Crippen LogP contribution in [0.25, 0.3) is 0 Å². The molecule has 0 bridgehead atoms. The molecule has 1 saturated heterocycles. The molecule has 1 heterocycles. The average molecular weight is 508 g/mol. The maximum Gasteiger partial charge on any atom is 0.169 e. The standard InChI is InChI=1S/C33H49NO3/c1-31(2)20-36-33(37-21-31)16-14-26-23(18-33)8-12-27-29-13-9-24(15-17-35)32(29,3)19-28(30(26)27)22-6-10-25(11-7-22)34(4)5/h6-7,10-11,23-24,27-29,35H,8-9,12-21H2,1-5H3/t23-,24-,27-,28+,29-,32+/m0/s1. The molecule has 6 rings (SSSR count). The Labute approximate surface area is 224 Å². The smallest absolute Gasteiger partial charge is 0.169 e. The van der Waals surface area contributed by atoms with Gasteiger partial charge < -0.3 is 19.5 Å². The highest BCUT2D eigenvalue weighted by atomic mass is 16.7. The summed E-state index contributed by atoms with van der Waals surface area (Å²) in [5.41, 5.74) is 6.80. The lowest BCUT2D eigenvalue weighted by molar-refractivity contribution is -0.312. The Hall–Kier alpha value is -1.36. The number of benzene rings is 1. The van der Waals surface area contributed by atoms with Crippen molar-refractivity contribution >= 4 is 5.69 Å². The Bertz CT molecular complexity index is 1020. The van der Waals surface area contributed by atoms with E-state index >= 15 is 0 Å². The topological polar surface area (TPSA) is 41.9 Å². The van der Waals surface area contributed by atoms with Gasteiger partial charge in [0.1, 0.15) is 0 Å². The lowest BCUT2D eigenvalue weighted by Crippen LogP contribution is -2.51. The van der Waals surface area contributed by atoms with Gasteiger partial charge in [0.2, 0.25) is 0 Å². The number of hydrogen-bond acceptors (Lipinski definition) is 4. The van der Waals surface area contributed by atoms with Gasteiger partial charge in [0.15, 0.2) is 5.79 Å². The number of fused-ring (bicyclic) bond motifs is 4. The van der Waals surface area contributed by atoms with Crippen LogP contribution in [0.5, 0.6) is 0 Å². The second-order valence-corrected chi connectivity index (χ2v) is 14.4. The highest BCUT2D eigenvalue weighted by Crippen LogP contribution is 2.67. The molecule has 0 radical (unpaired) electrons. The number of nitrogens with zero attached hydrogens (tertiary/aromatic N) is 1. The van der Waals surface area contributed by atoms with Crippen molar-refractivity contribution in [2.45, 2.75) is 90.3 Å². The van der Waals surface area contributed by atoms with Gasteiger partial charge in [-0.25, -0.2) is 0 Å². The summed E-state index contributed by atoms with van der Waals surface area (Å²) in [5.74, 6) is 2.86. The minimum atomic E-state index is -0.358. The van der Waals surface area contributed by atoms with E-state index < -0.39 is 0 Å². The SMILES string of the molecule is CN(C)c1ccc([C@H]2C[C@]3(C)[C@H](CCO)CC[C@H]3[C@@H]3CC[C@H]4CC5(CCC4=C32)OCC(C)(C)CO5)cc1. The number of anilines is 1. The van der Waals surface area contributed by atoms with E-state index in [4.69, 9.17) is 9.47 Å². The van der Waals surface area contributed by atoms with Crippen molar-refractivity contribution < 1.29 is 14.6 Å². The molecule has 4 nitrogen and oxygen atoms in total. The first kappa shape index (κ1) is 25.9. The van der Waals surface area contributed by atoms with Gasteiger partial charge in [0.25, 0.3) is 0 Å². The fraction of sp³-hybridized carbons (Fsp3) is 0.758. The zero-order valence-corrected chi connectivity index (χ0v) is 23.9. The Morgan fingerprint density at radius 3 is 2.35 bits per heavy atom. The van der Waals surface area contributed by atoms with Crippen LogP contribution in [-0.4, -0.2) is 44.8 Å². The van der Waals surface area contributed by atoms with Gasteiger partial charge in [-0.05, 0) is 91.7 Å². The first-order valence-corrected chi connectivity index (χ1v) is 15.0. The van der Waals surface area contributed by atoms with E-state index in [0.29, 0.717) is 35.7 Å². The van der Waals surface area contributed by atoms with Crippen LogP contribution in [0.4, 0.5) is 5.69 Å². The Kier molecular flexibility index (Phi) is 6.57. The van der Waals surface area contributed by atoms with Gasteiger partial charge in [-0.3, -0.25) is 0 Å². The molecule has 4 aliphatic carbocycles. The van der Waals surface area contributed by atoms with Gasteiger partial charge in [-0.2, -0.15) is 0 Å². The first-order valence-electron chi connectivity index (χ1n) is 15.0. The van der Waals surface area contributed by atoms with Gasteiger partial charge in [0, 0.05) is 50.6 Å². The molecular formula is C33H49NO3. The molecule has 1 N–H and O–H groups in total. The molecule has 1 spiro atoms. The van der Waals surface area contributed by atoms with Crippen molar-refractivity contribution in [3.63, 3.8) is 0 Å². The Morgan fingerprint density at radius 1 is 0.946 bits per heavy atom. The van der Waals surface area contributed by atoms with Crippen molar-refractivity contribution in [3.05, 3.63) is 41.0 Å². The molecule has 0 unspecified atom stereocenters. The van der Waals surface area contributed by atoms with Gasteiger partial charge in [-0.15, -0.1) is 0 Å². The van der Waals surface area contributed by atoms with E-state index in [0.717, 1.165) is 44.8 Å². The predicted molar refractivity (Wildman–Crippen MR) is 150 cm³/mol. The maximum atomic E-state index is 9.90. The van der Waals surface area contributed by atoms with Crippen LogP contribution in [0.15, 0.2) is 35.4 Å². The quantitative estimate of drug-likeness (QED) is 0.449. The molecule has 0 amide bonds. The van der Waals surface area contributed by atoms with Crippen LogP contribution in [0.1, 0.15) is 90.0 Å². The lowest BCUT2D eigenvalue weighted by atomic mass is 9.51. The molecule has 1 aromatic carbocycles. The number of aliphatic hydroxyl groups excluding tert-OH is 1. The third-order valence-electron chi connectivity index (χ3n) is 11.3. The summed E-state index contributed by atoms with van der Waals surface area (Å²) in [7, 11) is 4.25. The fourth-order valence-electron chi connectivity index (χ4n) is 9.26. The van der Waals surface area contributed by atoms with Crippen LogP contribution < -0.4 is 4.90 Å². The van der Waals surface area contributed by atoms with E-state index in [2.05, 4.69) is 64.0 Å². The Morgan fingerprint density at radius 2 is 1.68 bits per heavy atom. The zero-order chi connectivity index (χ0) is 26.0. The fourth-order valence-corrected chi connectivity index (χ4v) is 9.26. The highest BCUT2D eigenvalue weighted by Gasteiger charge is 2.57. The van der Waals surface area contributed by atoms with Crippen LogP contribution in [-0.2, 0) is 9.47 Å². The summed E-state index contributed by atoms with van der Waals surface area (Å²) in [5, 5.41) is 9.90. The van der Waals surface area contributed by atoms with E-state index in [1.54, 1.807) is 5.57 Å². The number of allylic oxidation sites excluding steroid dienone is 2. The maximum absolute atomic E-state index is 9.90.